The van der Waals surface area contributed by atoms with Gasteiger partial charge in [0, 0.05) is 56.9 Å². The van der Waals surface area contributed by atoms with Gasteiger partial charge < -0.3 is 10.2 Å². The van der Waals surface area contributed by atoms with E-state index in [1.165, 1.54) is 24.8 Å². The first kappa shape index (κ1) is 20.2. The summed E-state index contributed by atoms with van der Waals surface area (Å²) in [5.41, 5.74) is 1.25. The molecule has 0 saturated carbocycles. The lowest BCUT2D eigenvalue weighted by molar-refractivity contribution is -0.132. The van der Waals surface area contributed by atoms with Crippen molar-refractivity contribution in [3.05, 3.63) is 18.0 Å². The Morgan fingerprint density at radius 1 is 1.22 bits per heavy atom. The number of carbonyl (C=O) groups excluding carboxylic acids is 1. The van der Waals surface area contributed by atoms with Gasteiger partial charge in [-0.15, -0.1) is 24.8 Å². The van der Waals surface area contributed by atoms with Crippen LogP contribution >= 0.6 is 24.8 Å². The maximum atomic E-state index is 12.3. The van der Waals surface area contributed by atoms with E-state index in [1.807, 2.05) is 17.3 Å². The van der Waals surface area contributed by atoms with Gasteiger partial charge in [0.2, 0.25) is 5.91 Å². The molecule has 2 aliphatic heterocycles. The number of carbonyl (C=O) groups is 1. The number of amides is 1. The molecule has 2 aliphatic rings. The van der Waals surface area contributed by atoms with Gasteiger partial charge in [-0.3, -0.25) is 14.8 Å². The van der Waals surface area contributed by atoms with Crippen molar-refractivity contribution in [2.75, 3.05) is 39.3 Å². The van der Waals surface area contributed by atoms with Crippen molar-refractivity contribution in [2.24, 2.45) is 0 Å². The molecule has 3 heterocycles. The zero-order valence-electron chi connectivity index (χ0n) is 13.4. The normalized spacial score (nSPS) is 22.1. The van der Waals surface area contributed by atoms with Gasteiger partial charge in [0.25, 0.3) is 0 Å². The van der Waals surface area contributed by atoms with Crippen LogP contribution in [0.5, 0.6) is 0 Å². The van der Waals surface area contributed by atoms with Crippen molar-refractivity contribution in [3.63, 3.8) is 0 Å². The maximum absolute atomic E-state index is 12.3. The Balaban J connectivity index is 0.00000132. The van der Waals surface area contributed by atoms with E-state index in [4.69, 9.17) is 0 Å². The van der Waals surface area contributed by atoms with Gasteiger partial charge >= 0.3 is 0 Å². The van der Waals surface area contributed by atoms with Gasteiger partial charge in [-0.05, 0) is 19.4 Å². The molecule has 1 atom stereocenters. The Morgan fingerprint density at radius 3 is 2.70 bits per heavy atom. The van der Waals surface area contributed by atoms with Crippen molar-refractivity contribution < 1.29 is 4.79 Å². The van der Waals surface area contributed by atoms with E-state index in [0.29, 0.717) is 18.4 Å². The summed E-state index contributed by atoms with van der Waals surface area (Å²) < 4.78 is 0. The number of hydrogen-bond acceptors (Lipinski definition) is 4. The van der Waals surface area contributed by atoms with Crippen LogP contribution in [0.25, 0.3) is 0 Å². The lowest BCUT2D eigenvalue weighted by atomic mass is 9.97. The molecule has 8 heteroatoms. The molecule has 1 aromatic heterocycles. The third kappa shape index (κ3) is 5.35. The van der Waals surface area contributed by atoms with Gasteiger partial charge in [0.15, 0.2) is 0 Å². The third-order valence-electron chi connectivity index (χ3n) is 4.60. The summed E-state index contributed by atoms with van der Waals surface area (Å²) in [6.07, 6.45) is 8.20. The molecule has 23 heavy (non-hydrogen) atoms. The molecule has 2 N–H and O–H groups in total. The summed E-state index contributed by atoms with van der Waals surface area (Å²) >= 11 is 0. The zero-order chi connectivity index (χ0) is 14.5. The van der Waals surface area contributed by atoms with Crippen molar-refractivity contribution in [1.82, 2.24) is 25.3 Å². The molecule has 0 spiro atoms. The number of hydrogen-bond donors (Lipinski definition) is 2. The number of piperidine rings is 1. The molecule has 6 nitrogen and oxygen atoms in total. The molecule has 2 fully saturated rings. The van der Waals surface area contributed by atoms with Crippen LogP contribution in [-0.2, 0) is 4.79 Å². The number of H-pyrrole nitrogens is 1. The van der Waals surface area contributed by atoms with Crippen LogP contribution in [0.1, 0.15) is 37.3 Å². The van der Waals surface area contributed by atoms with Gasteiger partial charge in [-0.25, -0.2) is 0 Å². The number of piperazine rings is 1. The number of nitrogens with one attached hydrogen (secondary N) is 2. The number of aromatic nitrogens is 2. The summed E-state index contributed by atoms with van der Waals surface area (Å²) in [5.74, 6) is 0.299. The molecule has 132 valence electrons. The Bertz CT molecular complexity index is 451. The number of halogens is 2. The van der Waals surface area contributed by atoms with E-state index >= 15 is 0 Å². The Morgan fingerprint density at radius 2 is 2.00 bits per heavy atom. The van der Waals surface area contributed by atoms with Crippen LogP contribution in [0.3, 0.4) is 0 Å². The number of likely N-dealkylation sites (tertiary alicyclic amines) is 1. The summed E-state index contributed by atoms with van der Waals surface area (Å²) in [7, 11) is 0. The fourth-order valence-corrected chi connectivity index (χ4v) is 3.39. The summed E-state index contributed by atoms with van der Waals surface area (Å²) in [5, 5.41) is 10.3. The van der Waals surface area contributed by atoms with E-state index in [-0.39, 0.29) is 24.8 Å². The smallest absolute Gasteiger partial charge is 0.223 e. The van der Waals surface area contributed by atoms with E-state index in [0.717, 1.165) is 39.3 Å². The number of nitrogens with zero attached hydrogens (tertiary/aromatic N) is 3. The van der Waals surface area contributed by atoms with Crippen LogP contribution in [0, 0.1) is 0 Å². The minimum Gasteiger partial charge on any atom is -0.340 e. The van der Waals surface area contributed by atoms with Crippen molar-refractivity contribution >= 4 is 30.7 Å². The first-order chi connectivity index (χ1) is 10.3. The predicted octanol–water partition coefficient (Wildman–Crippen LogP) is 1.60. The quantitative estimate of drug-likeness (QED) is 0.852. The van der Waals surface area contributed by atoms with Gasteiger partial charge in [-0.2, -0.15) is 5.10 Å². The lowest BCUT2D eigenvalue weighted by Gasteiger charge is -2.36. The van der Waals surface area contributed by atoms with E-state index < -0.39 is 0 Å². The molecule has 0 bridgehead atoms. The highest BCUT2D eigenvalue weighted by Gasteiger charge is 2.25. The number of rotatable bonds is 4. The summed E-state index contributed by atoms with van der Waals surface area (Å²) in [4.78, 5) is 16.7. The Hall–Kier alpha value is -0.820. The standard InChI is InChI=1S/C15H25N5O.2ClH/c21-15(20-9-5-16-6-10-20)4-8-19-7-2-1-3-14(19)13-11-17-18-12-13;;/h11-12,14,16H,1-10H2,(H,17,18);2*1H. The van der Waals surface area contributed by atoms with Crippen LogP contribution in [0.15, 0.2) is 12.4 Å². The van der Waals surface area contributed by atoms with E-state index in [9.17, 15) is 4.79 Å². The minimum absolute atomic E-state index is 0. The fourth-order valence-electron chi connectivity index (χ4n) is 3.39. The first-order valence-electron chi connectivity index (χ1n) is 8.06. The van der Waals surface area contributed by atoms with Crippen LogP contribution < -0.4 is 5.32 Å². The third-order valence-corrected chi connectivity index (χ3v) is 4.60. The predicted molar refractivity (Wildman–Crippen MR) is 95.3 cm³/mol. The van der Waals surface area contributed by atoms with Crippen LogP contribution in [0.4, 0.5) is 0 Å². The van der Waals surface area contributed by atoms with E-state index in [2.05, 4.69) is 20.4 Å². The topological polar surface area (TPSA) is 64.3 Å². The highest BCUT2D eigenvalue weighted by atomic mass is 35.5. The van der Waals surface area contributed by atoms with Gasteiger partial charge in [-0.1, -0.05) is 6.42 Å². The Labute approximate surface area is 150 Å². The minimum atomic E-state index is 0. The molecule has 2 saturated heterocycles. The second kappa shape index (κ2) is 10.1. The van der Waals surface area contributed by atoms with Crippen LogP contribution in [0.2, 0.25) is 0 Å². The molecular weight excluding hydrogens is 337 g/mol. The fraction of sp³-hybridized carbons (Fsp3) is 0.733. The van der Waals surface area contributed by atoms with Crippen molar-refractivity contribution in [2.45, 2.75) is 31.7 Å². The van der Waals surface area contributed by atoms with Crippen LogP contribution in [-0.4, -0.2) is 65.2 Å². The summed E-state index contributed by atoms with van der Waals surface area (Å²) in [6, 6.07) is 0.424. The highest BCUT2D eigenvalue weighted by molar-refractivity contribution is 5.85. The summed E-state index contributed by atoms with van der Waals surface area (Å²) in [6.45, 7) is 5.50. The molecule has 0 aromatic carbocycles. The molecule has 3 rings (SSSR count). The molecule has 1 unspecified atom stereocenters. The largest absolute Gasteiger partial charge is 0.340 e. The van der Waals surface area contributed by atoms with E-state index in [1.54, 1.807) is 0 Å². The second-order valence-corrected chi connectivity index (χ2v) is 5.96. The maximum Gasteiger partial charge on any atom is 0.223 e. The first-order valence-corrected chi connectivity index (χ1v) is 8.06. The zero-order valence-corrected chi connectivity index (χ0v) is 15.0. The molecule has 0 radical (unpaired) electrons. The average molecular weight is 364 g/mol. The monoisotopic (exact) mass is 363 g/mol. The Kier molecular flexibility index (Phi) is 8.91. The molecule has 1 amide bonds. The highest BCUT2D eigenvalue weighted by Crippen LogP contribution is 2.30. The molecule has 0 aliphatic carbocycles. The molecular formula is C15H27Cl2N5O. The van der Waals surface area contributed by atoms with Crippen molar-refractivity contribution in [3.8, 4) is 0 Å². The second-order valence-electron chi connectivity index (χ2n) is 5.96. The average Bonchev–Trinajstić information content (AvgIpc) is 3.08. The lowest BCUT2D eigenvalue weighted by Crippen LogP contribution is -2.47. The van der Waals surface area contributed by atoms with Gasteiger partial charge in [0.1, 0.15) is 0 Å². The SMILES string of the molecule is Cl.Cl.O=C(CCN1CCCCC1c1cn[nH]c1)N1CCNCC1. The van der Waals surface area contributed by atoms with Crippen molar-refractivity contribution in [1.29, 1.82) is 0 Å². The van der Waals surface area contributed by atoms with Gasteiger partial charge in [0.05, 0.1) is 6.20 Å². The molecule has 1 aromatic rings. The number of aromatic amines is 1.